The van der Waals surface area contributed by atoms with E-state index in [1.165, 1.54) is 35.0 Å². The van der Waals surface area contributed by atoms with Crippen LogP contribution >= 0.6 is 0 Å². The second kappa shape index (κ2) is 5.90. The Labute approximate surface area is 139 Å². The molecule has 0 aromatic carbocycles. The van der Waals surface area contributed by atoms with Crippen molar-refractivity contribution in [3.8, 4) is 0 Å². The largest absolute Gasteiger partial charge is 0.478 e. The zero-order valence-corrected chi connectivity index (χ0v) is 13.0. The molecule has 11 heteroatoms. The lowest BCUT2D eigenvalue weighted by Gasteiger charge is -2.35. The number of aromatic carboxylic acids is 1. The summed E-state index contributed by atoms with van der Waals surface area (Å²) in [5.74, 6) is -1.63. The number of anilines is 1. The van der Waals surface area contributed by atoms with Crippen molar-refractivity contribution in [2.24, 2.45) is 0 Å². The number of carboxylic acid groups (broad SMARTS) is 1. The van der Waals surface area contributed by atoms with Crippen molar-refractivity contribution in [1.82, 2.24) is 19.6 Å². The van der Waals surface area contributed by atoms with Gasteiger partial charge in [0.2, 0.25) is 0 Å². The van der Waals surface area contributed by atoms with Crippen LogP contribution in [0.1, 0.15) is 35.8 Å². The molecule has 0 saturated carbocycles. The first-order valence-electron chi connectivity index (χ1n) is 7.39. The van der Waals surface area contributed by atoms with Gasteiger partial charge in [-0.25, -0.2) is 9.48 Å². The molecule has 1 amide bonds. The highest BCUT2D eigenvalue weighted by Gasteiger charge is 2.46. The normalized spacial score (nSPS) is 18.7. The third kappa shape index (κ3) is 2.96. The van der Waals surface area contributed by atoms with Gasteiger partial charge in [0, 0.05) is 18.8 Å². The van der Waals surface area contributed by atoms with Gasteiger partial charge in [-0.05, 0) is 13.3 Å². The van der Waals surface area contributed by atoms with Crippen molar-refractivity contribution in [2.75, 3.05) is 11.4 Å². The van der Waals surface area contributed by atoms with E-state index in [-0.39, 0.29) is 24.3 Å². The number of amides is 1. The summed E-state index contributed by atoms with van der Waals surface area (Å²) in [5, 5.41) is 16.4. The first kappa shape index (κ1) is 17.0. The minimum Gasteiger partial charge on any atom is -0.478 e. The number of rotatable bonds is 3. The van der Waals surface area contributed by atoms with Gasteiger partial charge in [-0.15, -0.1) is 0 Å². The molecule has 0 saturated heterocycles. The Morgan fingerprint density at radius 3 is 2.68 bits per heavy atom. The standard InChI is InChI=1S/C14H14F3N5O3/c1-8(21-7-9(6-19-21)13(24)25)12(23)20-5-3-10(14(15,16)17)22-11(20)2-4-18-22/h2,4,6-8,10H,3,5H2,1H3,(H,24,25). The zero-order chi connectivity index (χ0) is 18.4. The summed E-state index contributed by atoms with van der Waals surface area (Å²) in [5.41, 5.74) is -0.0829. The maximum absolute atomic E-state index is 13.1. The molecule has 0 bridgehead atoms. The van der Waals surface area contributed by atoms with Crippen LogP contribution in [0.4, 0.5) is 19.0 Å². The van der Waals surface area contributed by atoms with E-state index in [0.29, 0.717) is 0 Å². The Morgan fingerprint density at radius 1 is 1.36 bits per heavy atom. The SMILES string of the molecule is CC(C(=O)N1CCC(C(F)(F)F)n2nccc21)n1cc(C(=O)O)cn1. The maximum Gasteiger partial charge on any atom is 0.410 e. The van der Waals surface area contributed by atoms with Crippen LogP contribution in [-0.4, -0.2) is 49.3 Å². The van der Waals surface area contributed by atoms with Crippen LogP contribution in [0.2, 0.25) is 0 Å². The molecule has 1 N–H and O–H groups in total. The number of carboxylic acids is 1. The van der Waals surface area contributed by atoms with E-state index in [9.17, 15) is 22.8 Å². The quantitative estimate of drug-likeness (QED) is 0.905. The minimum absolute atomic E-state index is 0.0519. The smallest absolute Gasteiger partial charge is 0.410 e. The molecule has 1 aliphatic rings. The molecule has 3 heterocycles. The molecule has 2 atom stereocenters. The Hall–Kier alpha value is -2.85. The van der Waals surface area contributed by atoms with E-state index >= 15 is 0 Å². The topological polar surface area (TPSA) is 93.2 Å². The molecular weight excluding hydrogens is 343 g/mol. The molecule has 2 aromatic rings. The average molecular weight is 357 g/mol. The van der Waals surface area contributed by atoms with Crippen LogP contribution in [0.3, 0.4) is 0 Å². The van der Waals surface area contributed by atoms with Crippen LogP contribution in [0, 0.1) is 0 Å². The van der Waals surface area contributed by atoms with Crippen molar-refractivity contribution < 1.29 is 27.9 Å². The Bertz CT molecular complexity index is 813. The number of fused-ring (bicyclic) bond motifs is 1. The van der Waals surface area contributed by atoms with E-state index in [2.05, 4.69) is 10.2 Å². The van der Waals surface area contributed by atoms with Gasteiger partial charge in [-0.2, -0.15) is 23.4 Å². The van der Waals surface area contributed by atoms with Gasteiger partial charge in [0.05, 0.1) is 18.0 Å². The van der Waals surface area contributed by atoms with E-state index in [1.807, 2.05) is 0 Å². The predicted molar refractivity (Wildman–Crippen MR) is 78.2 cm³/mol. The van der Waals surface area contributed by atoms with Gasteiger partial charge in [0.1, 0.15) is 11.9 Å². The lowest BCUT2D eigenvalue weighted by molar-refractivity contribution is -0.173. The highest BCUT2D eigenvalue weighted by molar-refractivity contribution is 5.95. The summed E-state index contributed by atoms with van der Waals surface area (Å²) in [4.78, 5) is 24.8. The van der Waals surface area contributed by atoms with Crippen LogP contribution in [-0.2, 0) is 4.79 Å². The second-order valence-corrected chi connectivity index (χ2v) is 5.66. The molecule has 0 aliphatic carbocycles. The molecule has 2 unspecified atom stereocenters. The van der Waals surface area contributed by atoms with Crippen LogP contribution < -0.4 is 4.90 Å². The molecule has 1 aliphatic heterocycles. The number of alkyl halides is 3. The molecule has 8 nitrogen and oxygen atoms in total. The highest BCUT2D eigenvalue weighted by atomic mass is 19.4. The van der Waals surface area contributed by atoms with Gasteiger partial charge in [-0.3, -0.25) is 14.4 Å². The van der Waals surface area contributed by atoms with Gasteiger partial charge < -0.3 is 5.11 Å². The summed E-state index contributed by atoms with van der Waals surface area (Å²) >= 11 is 0. The number of carbonyl (C=O) groups excluding carboxylic acids is 1. The lowest BCUT2D eigenvalue weighted by Crippen LogP contribution is -2.45. The van der Waals surface area contributed by atoms with Crippen LogP contribution in [0.25, 0.3) is 0 Å². The fourth-order valence-corrected chi connectivity index (χ4v) is 2.77. The molecule has 2 aromatic heterocycles. The number of aromatic nitrogens is 4. The summed E-state index contributed by atoms with van der Waals surface area (Å²) in [6.07, 6.45) is -1.26. The number of hydrogen-bond acceptors (Lipinski definition) is 4. The van der Waals surface area contributed by atoms with Crippen molar-refractivity contribution in [3.63, 3.8) is 0 Å². The maximum atomic E-state index is 13.1. The Kier molecular flexibility index (Phi) is 4.01. The monoisotopic (exact) mass is 357 g/mol. The van der Waals surface area contributed by atoms with Crippen molar-refractivity contribution in [3.05, 3.63) is 30.2 Å². The second-order valence-electron chi connectivity index (χ2n) is 5.66. The summed E-state index contributed by atoms with van der Waals surface area (Å²) in [7, 11) is 0. The molecule has 134 valence electrons. The van der Waals surface area contributed by atoms with E-state index in [0.717, 1.165) is 10.9 Å². The molecule has 0 spiro atoms. The van der Waals surface area contributed by atoms with Crippen molar-refractivity contribution in [2.45, 2.75) is 31.6 Å². The first-order chi connectivity index (χ1) is 11.7. The number of carbonyl (C=O) groups is 2. The van der Waals surface area contributed by atoms with E-state index in [4.69, 9.17) is 5.11 Å². The van der Waals surface area contributed by atoms with Crippen LogP contribution in [0.15, 0.2) is 24.7 Å². The molecule has 3 rings (SSSR count). The molecular formula is C14H14F3N5O3. The number of nitrogens with zero attached hydrogens (tertiary/aromatic N) is 5. The first-order valence-corrected chi connectivity index (χ1v) is 7.39. The van der Waals surface area contributed by atoms with Crippen molar-refractivity contribution >= 4 is 17.7 Å². The zero-order valence-electron chi connectivity index (χ0n) is 13.0. The van der Waals surface area contributed by atoms with Gasteiger partial charge in [0.25, 0.3) is 5.91 Å². The number of halogens is 3. The average Bonchev–Trinajstić information content (AvgIpc) is 3.20. The Balaban J connectivity index is 1.86. The predicted octanol–water partition coefficient (Wildman–Crippen LogP) is 1.88. The van der Waals surface area contributed by atoms with E-state index in [1.54, 1.807) is 0 Å². The van der Waals surface area contributed by atoms with Gasteiger partial charge in [0.15, 0.2) is 6.04 Å². The molecule has 25 heavy (non-hydrogen) atoms. The lowest BCUT2D eigenvalue weighted by atomic mass is 10.1. The van der Waals surface area contributed by atoms with Crippen molar-refractivity contribution in [1.29, 1.82) is 0 Å². The fraction of sp³-hybridized carbons (Fsp3) is 0.429. The van der Waals surface area contributed by atoms with Gasteiger partial charge in [-0.1, -0.05) is 0 Å². The fourth-order valence-electron chi connectivity index (χ4n) is 2.77. The molecule has 0 fully saturated rings. The molecule has 0 radical (unpaired) electrons. The van der Waals surface area contributed by atoms with E-state index < -0.39 is 30.1 Å². The minimum atomic E-state index is -4.46. The third-order valence-corrected chi connectivity index (χ3v) is 4.09. The summed E-state index contributed by atoms with van der Waals surface area (Å²) in [6, 6.07) is -1.31. The summed E-state index contributed by atoms with van der Waals surface area (Å²) < 4.78 is 41.2. The Morgan fingerprint density at radius 2 is 2.08 bits per heavy atom. The summed E-state index contributed by atoms with van der Waals surface area (Å²) in [6.45, 7) is 1.38. The van der Waals surface area contributed by atoms with Gasteiger partial charge >= 0.3 is 12.1 Å². The number of hydrogen-bond donors (Lipinski definition) is 1. The van der Waals surface area contributed by atoms with Crippen LogP contribution in [0.5, 0.6) is 0 Å². The third-order valence-electron chi connectivity index (χ3n) is 4.09. The highest BCUT2D eigenvalue weighted by Crippen LogP contribution is 2.39.